The van der Waals surface area contributed by atoms with Crippen molar-refractivity contribution < 1.29 is 32.6 Å². The predicted octanol–water partition coefficient (Wildman–Crippen LogP) is 3.36. The van der Waals surface area contributed by atoms with E-state index in [0.717, 1.165) is 12.8 Å². The van der Waals surface area contributed by atoms with Crippen molar-refractivity contribution in [2.75, 3.05) is 13.2 Å². The Morgan fingerprint density at radius 1 is 0.875 bits per heavy atom. The van der Waals surface area contributed by atoms with Gasteiger partial charge in [-0.2, -0.15) is 3.84 Å². The van der Waals surface area contributed by atoms with Crippen molar-refractivity contribution in [3.05, 3.63) is 0 Å². The first-order valence-electron chi connectivity index (χ1n) is 5.07. The summed E-state index contributed by atoms with van der Waals surface area (Å²) in [5.74, 6) is 1.30. The third-order valence-electron chi connectivity index (χ3n) is 1.41. The molecule has 6 heteroatoms. The van der Waals surface area contributed by atoms with Crippen LogP contribution in [0.3, 0.4) is 0 Å². The molecule has 0 aromatic heterocycles. The van der Waals surface area contributed by atoms with E-state index in [1.807, 2.05) is 0 Å². The smallest absolute Gasteiger partial charge is 0.0832 e. The van der Waals surface area contributed by atoms with Gasteiger partial charge in [-0.15, -0.1) is 0 Å². The molecule has 0 aromatic rings. The number of aliphatic hydroxyl groups excluding tert-OH is 2. The van der Waals surface area contributed by atoms with Crippen LogP contribution in [0.25, 0.3) is 0 Å². The van der Waals surface area contributed by atoms with Gasteiger partial charge in [-0.25, -0.2) is 0 Å². The fraction of sp³-hybridized carbons (Fsp3) is 1.00. The van der Waals surface area contributed by atoms with Crippen molar-refractivity contribution in [3.63, 3.8) is 0 Å². The molecular weight excluding hydrogens is 290 g/mol. The molecule has 0 amide bonds. The fourth-order valence-electron chi connectivity index (χ4n) is 0.516. The van der Waals surface area contributed by atoms with Crippen LogP contribution in [0.15, 0.2) is 0 Å². The van der Waals surface area contributed by atoms with Crippen LogP contribution in [0.1, 0.15) is 40.5 Å². The van der Waals surface area contributed by atoms with Crippen LogP contribution in [-0.4, -0.2) is 23.4 Å². The second kappa shape index (κ2) is 25.0. The molecular formula is C10H24Cl2O3V. The van der Waals surface area contributed by atoms with Crippen molar-refractivity contribution in [1.29, 1.82) is 0 Å². The molecule has 0 saturated heterocycles. The average Bonchev–Trinajstić information content (AvgIpc) is 2.05. The molecule has 0 saturated carbocycles. The maximum atomic E-state index is 8.24. The van der Waals surface area contributed by atoms with E-state index in [9.17, 15) is 0 Å². The second-order valence-electron chi connectivity index (χ2n) is 3.87. The van der Waals surface area contributed by atoms with Gasteiger partial charge in [-0.3, -0.25) is 0 Å². The normalized spacial score (nSPS) is 8.62. The number of hydrogen-bond donors (Lipinski definition) is 2. The molecule has 0 fully saturated rings. The van der Waals surface area contributed by atoms with Crippen LogP contribution in [0.2, 0.25) is 0 Å². The van der Waals surface area contributed by atoms with E-state index in [4.69, 9.17) is 10.2 Å². The van der Waals surface area contributed by atoms with E-state index < -0.39 is 0 Å². The van der Waals surface area contributed by atoms with Crippen molar-refractivity contribution in [2.45, 2.75) is 40.5 Å². The first-order chi connectivity index (χ1) is 6.95. The van der Waals surface area contributed by atoms with Gasteiger partial charge in [0.05, 0.1) is 23.7 Å². The zero-order valence-electron chi connectivity index (χ0n) is 10.5. The molecule has 0 aliphatic carbocycles. The van der Waals surface area contributed by atoms with Crippen molar-refractivity contribution in [2.24, 2.45) is 11.8 Å². The first kappa shape index (κ1) is 25.8. The maximum Gasteiger partial charge on any atom is 0.0832 e. The van der Waals surface area contributed by atoms with Gasteiger partial charge in [0.1, 0.15) is 0 Å². The third-order valence-corrected chi connectivity index (χ3v) is 1.41. The van der Waals surface area contributed by atoms with E-state index >= 15 is 0 Å². The Kier molecular flexibility index (Phi) is 40.3. The molecule has 16 heavy (non-hydrogen) atoms. The molecule has 2 N–H and O–H groups in total. The largest absolute Gasteiger partial charge is 0.396 e. The molecule has 0 heterocycles. The molecule has 0 aliphatic heterocycles. The van der Waals surface area contributed by atoms with E-state index in [1.165, 1.54) is 0 Å². The summed E-state index contributed by atoms with van der Waals surface area (Å²) in [6.07, 6.45) is 1.86. The minimum atomic E-state index is 0. The topological polar surface area (TPSA) is 49.7 Å². The summed E-state index contributed by atoms with van der Waals surface area (Å²) < 4.78 is 3.19. The minimum Gasteiger partial charge on any atom is -0.396 e. The summed E-state index contributed by atoms with van der Waals surface area (Å²) in [6.45, 7) is 9.04. The number of halogens is 2. The van der Waals surface area contributed by atoms with Crippen LogP contribution >= 0.6 is 23.7 Å². The van der Waals surface area contributed by atoms with Gasteiger partial charge in [0.15, 0.2) is 0 Å². The van der Waals surface area contributed by atoms with Crippen LogP contribution in [0.5, 0.6) is 0 Å². The van der Waals surface area contributed by atoms with E-state index in [2.05, 4.69) is 55.3 Å². The Labute approximate surface area is 122 Å². The quantitative estimate of drug-likeness (QED) is 0.836. The molecule has 3 nitrogen and oxygen atoms in total. The first-order valence-corrected chi connectivity index (χ1v) is 5.68. The molecule has 0 rings (SSSR count). The SMILES string of the molecule is CC(C)CCO.CC(C)CCO.ClOCl.[V]. The molecule has 1 radical (unpaired) electrons. The number of rotatable bonds is 4. The van der Waals surface area contributed by atoms with Gasteiger partial charge in [-0.1, -0.05) is 27.7 Å². The fourth-order valence-corrected chi connectivity index (χ4v) is 0.516. The van der Waals surface area contributed by atoms with Gasteiger partial charge in [0.25, 0.3) is 0 Å². The minimum absolute atomic E-state index is 0. The van der Waals surface area contributed by atoms with Crippen molar-refractivity contribution in [1.82, 2.24) is 0 Å². The summed E-state index contributed by atoms with van der Waals surface area (Å²) in [5, 5.41) is 16.5. The monoisotopic (exact) mass is 313 g/mol. The zero-order chi connectivity index (χ0) is 12.7. The molecule has 0 spiro atoms. The molecule has 0 atom stereocenters. The standard InChI is InChI=1S/2C5H12O.Cl2O.V/c2*1-5(2)3-4-6;1-3-2;/h2*5-6H,3-4H2,1-2H3;;. The van der Waals surface area contributed by atoms with Gasteiger partial charge in [0.2, 0.25) is 0 Å². The van der Waals surface area contributed by atoms with Crippen molar-refractivity contribution >= 4 is 23.7 Å². The average molecular weight is 314 g/mol. The van der Waals surface area contributed by atoms with Gasteiger partial charge in [-0.05, 0) is 24.7 Å². The molecule has 0 unspecified atom stereocenters. The summed E-state index contributed by atoms with van der Waals surface area (Å²) in [7, 11) is 0. The van der Waals surface area contributed by atoms with Crippen LogP contribution in [-0.2, 0) is 22.4 Å². The van der Waals surface area contributed by atoms with Crippen LogP contribution < -0.4 is 0 Å². The van der Waals surface area contributed by atoms with E-state index in [1.54, 1.807) is 0 Å². The Bertz CT molecular complexity index is 86.1. The summed E-state index contributed by atoms with van der Waals surface area (Å²) >= 11 is 8.53. The van der Waals surface area contributed by atoms with Crippen molar-refractivity contribution in [3.8, 4) is 0 Å². The zero-order valence-corrected chi connectivity index (χ0v) is 13.4. The number of aliphatic hydroxyl groups is 2. The van der Waals surface area contributed by atoms with E-state index in [0.29, 0.717) is 25.0 Å². The van der Waals surface area contributed by atoms with Gasteiger partial charge in [0, 0.05) is 31.8 Å². The summed E-state index contributed by atoms with van der Waals surface area (Å²) in [5.41, 5.74) is 0. The molecule has 0 aliphatic rings. The van der Waals surface area contributed by atoms with Crippen LogP contribution in [0.4, 0.5) is 0 Å². The third kappa shape index (κ3) is 59.8. The summed E-state index contributed by atoms with van der Waals surface area (Å²) in [4.78, 5) is 0. The Morgan fingerprint density at radius 2 is 1.06 bits per heavy atom. The van der Waals surface area contributed by atoms with Gasteiger partial charge < -0.3 is 10.2 Å². The summed E-state index contributed by atoms with van der Waals surface area (Å²) in [6, 6.07) is 0. The predicted molar refractivity (Wildman–Crippen MR) is 65.9 cm³/mol. The van der Waals surface area contributed by atoms with E-state index in [-0.39, 0.29) is 18.6 Å². The Balaban J connectivity index is -0.0000000692. The molecule has 0 bridgehead atoms. The van der Waals surface area contributed by atoms with Crippen LogP contribution in [0, 0.1) is 11.8 Å². The second-order valence-corrected chi connectivity index (χ2v) is 4.34. The number of hydrogen-bond acceptors (Lipinski definition) is 3. The van der Waals surface area contributed by atoms with Gasteiger partial charge >= 0.3 is 0 Å². The molecule has 0 aromatic carbocycles. The molecule has 101 valence electrons. The maximum absolute atomic E-state index is 8.24. The Morgan fingerprint density at radius 3 is 1.06 bits per heavy atom. The Hall–Kier alpha value is 1.04.